The van der Waals surface area contributed by atoms with Crippen LogP contribution in [-0.4, -0.2) is 21.4 Å². The summed E-state index contributed by atoms with van der Waals surface area (Å²) in [6.45, 7) is 0. The van der Waals surface area contributed by atoms with Gasteiger partial charge in [0.15, 0.2) is 0 Å². The summed E-state index contributed by atoms with van der Waals surface area (Å²) < 4.78 is 0. The number of hydrogen-bond donors (Lipinski definition) is 1. The lowest BCUT2D eigenvalue weighted by Crippen LogP contribution is -2.09. The number of aromatic nitrogens is 3. The molecule has 0 fully saturated rings. The highest BCUT2D eigenvalue weighted by molar-refractivity contribution is 7.98. The molecule has 14 heavy (non-hydrogen) atoms. The number of hydrogen-bond acceptors (Lipinski definition) is 4. The Hall–Kier alpha value is -1.49. The second kappa shape index (κ2) is 4.15. The van der Waals surface area contributed by atoms with E-state index in [1.807, 2.05) is 42.8 Å². The van der Waals surface area contributed by atoms with Crippen LogP contribution < -0.4 is 5.43 Å². The zero-order valence-electron chi connectivity index (χ0n) is 7.71. The van der Waals surface area contributed by atoms with Crippen LogP contribution in [0.5, 0.6) is 0 Å². The minimum absolute atomic E-state index is 0.897. The molecular formula is C9H10N4S. The maximum Gasteiger partial charge on any atom is 0.140 e. The van der Waals surface area contributed by atoms with E-state index in [0.29, 0.717) is 0 Å². The Morgan fingerprint density at radius 3 is 2.71 bits per heavy atom. The van der Waals surface area contributed by atoms with Gasteiger partial charge in [-0.15, -0.1) is 16.9 Å². The van der Waals surface area contributed by atoms with Gasteiger partial charge in [0.05, 0.1) is 11.9 Å². The van der Waals surface area contributed by atoms with Crippen LogP contribution in [0.4, 0.5) is 5.69 Å². The second-order valence-electron chi connectivity index (χ2n) is 2.68. The molecule has 0 atom stereocenters. The van der Waals surface area contributed by atoms with Crippen molar-refractivity contribution >= 4 is 17.4 Å². The number of anilines is 1. The van der Waals surface area contributed by atoms with Crippen molar-refractivity contribution in [2.45, 2.75) is 5.03 Å². The van der Waals surface area contributed by atoms with Gasteiger partial charge in [-0.05, 0) is 23.6 Å². The van der Waals surface area contributed by atoms with Crippen molar-refractivity contribution in [2.24, 2.45) is 0 Å². The van der Waals surface area contributed by atoms with Gasteiger partial charge in [0.1, 0.15) is 5.03 Å². The molecule has 1 N–H and O–H groups in total. The second-order valence-corrected chi connectivity index (χ2v) is 3.51. The average molecular weight is 206 g/mol. The maximum absolute atomic E-state index is 3.94. The third kappa shape index (κ3) is 2.05. The van der Waals surface area contributed by atoms with E-state index in [1.165, 1.54) is 0 Å². The molecular weight excluding hydrogens is 196 g/mol. The molecule has 0 bridgehead atoms. The number of rotatable bonds is 3. The van der Waals surface area contributed by atoms with E-state index in [0.717, 1.165) is 10.7 Å². The first kappa shape index (κ1) is 9.08. The Bertz CT molecular complexity index is 398. The molecule has 5 heteroatoms. The number of nitrogens with one attached hydrogen (secondary N) is 1. The Morgan fingerprint density at radius 2 is 2.07 bits per heavy atom. The zero-order chi connectivity index (χ0) is 9.80. The summed E-state index contributed by atoms with van der Waals surface area (Å²) in [5.74, 6) is 0. The van der Waals surface area contributed by atoms with E-state index in [2.05, 4.69) is 15.7 Å². The van der Waals surface area contributed by atoms with E-state index >= 15 is 0 Å². The molecule has 0 aliphatic heterocycles. The minimum Gasteiger partial charge on any atom is -0.277 e. The summed E-state index contributed by atoms with van der Waals surface area (Å²) in [5.41, 5.74) is 4.08. The standard InChI is InChI=1S/C9H10N4S/c1-14-9-7-13(12-10-9)11-8-5-3-2-4-6-8/h2-7,11H,1H3. The molecule has 0 saturated heterocycles. The zero-order valence-corrected chi connectivity index (χ0v) is 8.53. The Labute approximate surface area is 86.3 Å². The van der Waals surface area contributed by atoms with E-state index in [1.54, 1.807) is 16.6 Å². The lowest BCUT2D eigenvalue weighted by Gasteiger charge is -2.02. The minimum atomic E-state index is 0.897. The molecule has 4 nitrogen and oxygen atoms in total. The van der Waals surface area contributed by atoms with Crippen LogP contribution in [0.15, 0.2) is 41.6 Å². The van der Waals surface area contributed by atoms with Gasteiger partial charge < -0.3 is 0 Å². The predicted molar refractivity (Wildman–Crippen MR) is 57.3 cm³/mol. The lowest BCUT2D eigenvalue weighted by atomic mass is 10.3. The molecule has 1 aromatic heterocycles. The molecule has 0 radical (unpaired) electrons. The van der Waals surface area contributed by atoms with Crippen LogP contribution in [0.3, 0.4) is 0 Å². The first-order valence-corrected chi connectivity index (χ1v) is 5.39. The molecule has 0 aliphatic carbocycles. The number of nitrogens with zero attached hydrogens (tertiary/aromatic N) is 3. The van der Waals surface area contributed by atoms with E-state index in [-0.39, 0.29) is 0 Å². The van der Waals surface area contributed by atoms with Gasteiger partial charge in [0, 0.05) is 0 Å². The van der Waals surface area contributed by atoms with Crippen LogP contribution in [0.25, 0.3) is 0 Å². The largest absolute Gasteiger partial charge is 0.277 e. The summed E-state index contributed by atoms with van der Waals surface area (Å²) in [5, 5.41) is 8.76. The van der Waals surface area contributed by atoms with Gasteiger partial charge in [-0.3, -0.25) is 5.43 Å². The fourth-order valence-electron chi connectivity index (χ4n) is 1.04. The highest BCUT2D eigenvalue weighted by atomic mass is 32.2. The van der Waals surface area contributed by atoms with Crippen LogP contribution in [0.2, 0.25) is 0 Å². The summed E-state index contributed by atoms with van der Waals surface area (Å²) >= 11 is 1.57. The third-order valence-electron chi connectivity index (χ3n) is 1.70. The average Bonchev–Trinajstić information content (AvgIpc) is 2.67. The molecule has 72 valence electrons. The van der Waals surface area contributed by atoms with Crippen LogP contribution in [0, 0.1) is 0 Å². The molecule has 0 spiro atoms. The fraction of sp³-hybridized carbons (Fsp3) is 0.111. The molecule has 0 unspecified atom stereocenters. The molecule has 2 rings (SSSR count). The number of benzene rings is 1. The highest BCUT2D eigenvalue weighted by Gasteiger charge is 1.97. The smallest absolute Gasteiger partial charge is 0.140 e. The van der Waals surface area contributed by atoms with E-state index in [9.17, 15) is 0 Å². The molecule has 1 aromatic carbocycles. The van der Waals surface area contributed by atoms with Crippen molar-refractivity contribution in [3.05, 3.63) is 36.5 Å². The monoisotopic (exact) mass is 206 g/mol. The number of para-hydroxylation sites is 1. The highest BCUT2D eigenvalue weighted by Crippen LogP contribution is 2.10. The Morgan fingerprint density at radius 1 is 1.29 bits per heavy atom. The Balaban J connectivity index is 2.11. The van der Waals surface area contributed by atoms with Crippen molar-refractivity contribution in [3.8, 4) is 0 Å². The van der Waals surface area contributed by atoms with Gasteiger partial charge in [0.2, 0.25) is 0 Å². The lowest BCUT2D eigenvalue weighted by molar-refractivity contribution is 0.741. The van der Waals surface area contributed by atoms with Gasteiger partial charge in [-0.1, -0.05) is 18.2 Å². The van der Waals surface area contributed by atoms with Crippen molar-refractivity contribution in [1.82, 2.24) is 15.1 Å². The van der Waals surface area contributed by atoms with Crippen LogP contribution in [0.1, 0.15) is 0 Å². The quantitative estimate of drug-likeness (QED) is 0.779. The fourth-order valence-corrected chi connectivity index (χ4v) is 1.37. The van der Waals surface area contributed by atoms with E-state index in [4.69, 9.17) is 0 Å². The van der Waals surface area contributed by atoms with Gasteiger partial charge in [-0.2, -0.15) is 4.79 Å². The molecule has 1 heterocycles. The summed E-state index contributed by atoms with van der Waals surface area (Å²) in [4.78, 5) is 1.60. The molecule has 2 aromatic rings. The van der Waals surface area contributed by atoms with Crippen molar-refractivity contribution in [3.63, 3.8) is 0 Å². The summed E-state index contributed by atoms with van der Waals surface area (Å²) in [7, 11) is 0. The first-order chi connectivity index (χ1) is 6.88. The van der Waals surface area contributed by atoms with Crippen molar-refractivity contribution in [2.75, 3.05) is 11.7 Å². The normalized spacial score (nSPS) is 10.1. The SMILES string of the molecule is CSc1cn(Nc2ccccc2)nn1. The third-order valence-corrected chi connectivity index (χ3v) is 2.30. The number of thioether (sulfide) groups is 1. The Kier molecular flexibility index (Phi) is 2.69. The van der Waals surface area contributed by atoms with Crippen LogP contribution >= 0.6 is 11.8 Å². The first-order valence-electron chi connectivity index (χ1n) is 4.17. The van der Waals surface area contributed by atoms with E-state index < -0.39 is 0 Å². The maximum atomic E-state index is 3.94. The summed E-state index contributed by atoms with van der Waals surface area (Å²) in [6.07, 6.45) is 3.81. The van der Waals surface area contributed by atoms with Gasteiger partial charge >= 0.3 is 0 Å². The van der Waals surface area contributed by atoms with Gasteiger partial charge in [0.25, 0.3) is 0 Å². The molecule has 0 aliphatic rings. The van der Waals surface area contributed by atoms with Crippen molar-refractivity contribution in [1.29, 1.82) is 0 Å². The topological polar surface area (TPSA) is 42.7 Å². The molecule has 0 saturated carbocycles. The summed E-state index contributed by atoms with van der Waals surface area (Å²) in [6, 6.07) is 9.85. The predicted octanol–water partition coefficient (Wildman–Crippen LogP) is 1.88. The van der Waals surface area contributed by atoms with Gasteiger partial charge in [-0.25, -0.2) is 0 Å². The van der Waals surface area contributed by atoms with Crippen LogP contribution in [-0.2, 0) is 0 Å². The van der Waals surface area contributed by atoms with Crippen molar-refractivity contribution < 1.29 is 0 Å². The molecule has 0 amide bonds.